The Balaban J connectivity index is 0.00000162. The Labute approximate surface area is 127 Å². The van der Waals surface area contributed by atoms with E-state index < -0.39 is 0 Å². The molecule has 0 saturated heterocycles. The first-order valence-corrected chi connectivity index (χ1v) is 6.72. The highest BCUT2D eigenvalue weighted by Crippen LogP contribution is 2.25. The van der Waals surface area contributed by atoms with Crippen LogP contribution in [0.2, 0.25) is 10.0 Å². The summed E-state index contributed by atoms with van der Waals surface area (Å²) >= 11 is 13.6. The third kappa shape index (κ3) is 3.54. The van der Waals surface area contributed by atoms with Gasteiger partial charge in [0, 0.05) is 30.4 Å². The van der Waals surface area contributed by atoms with E-state index in [0.717, 1.165) is 22.2 Å². The highest BCUT2D eigenvalue weighted by atomic mass is 35.5. The van der Waals surface area contributed by atoms with Gasteiger partial charge in [-0.2, -0.15) is 5.10 Å². The second-order valence-corrected chi connectivity index (χ2v) is 5.52. The second-order valence-electron chi connectivity index (χ2n) is 3.74. The van der Waals surface area contributed by atoms with E-state index >= 15 is 0 Å². The van der Waals surface area contributed by atoms with Crippen molar-refractivity contribution in [1.82, 2.24) is 4.90 Å². The zero-order valence-corrected chi connectivity index (χ0v) is 13.0. The molecule has 18 heavy (non-hydrogen) atoms. The van der Waals surface area contributed by atoms with Crippen LogP contribution < -0.4 is 0 Å². The zero-order valence-electron chi connectivity index (χ0n) is 9.85. The van der Waals surface area contributed by atoms with Crippen molar-refractivity contribution < 1.29 is 0 Å². The number of halogens is 3. The number of benzene rings is 1. The van der Waals surface area contributed by atoms with Crippen molar-refractivity contribution in [2.45, 2.75) is 0 Å². The van der Waals surface area contributed by atoms with Gasteiger partial charge in [-0.05, 0) is 12.1 Å². The largest absolute Gasteiger partial charge is 0.356 e. The van der Waals surface area contributed by atoms with E-state index in [-0.39, 0.29) is 12.4 Å². The fourth-order valence-electron chi connectivity index (χ4n) is 1.37. The summed E-state index contributed by atoms with van der Waals surface area (Å²) in [6.45, 7) is 0. The summed E-state index contributed by atoms with van der Waals surface area (Å²) in [7, 11) is 3.89. The van der Waals surface area contributed by atoms with Gasteiger partial charge in [-0.15, -0.1) is 17.5 Å². The predicted molar refractivity (Wildman–Crippen MR) is 83.8 cm³/mol. The summed E-state index contributed by atoms with van der Waals surface area (Å²) in [6, 6.07) is 5.40. The van der Waals surface area contributed by atoms with E-state index in [2.05, 4.69) is 10.2 Å². The average Bonchev–Trinajstić information content (AvgIpc) is 2.29. The first kappa shape index (κ1) is 15.6. The third-order valence-corrected chi connectivity index (χ3v) is 3.89. The molecule has 1 aromatic carbocycles. The van der Waals surface area contributed by atoms with Crippen LogP contribution in [-0.2, 0) is 0 Å². The van der Waals surface area contributed by atoms with Crippen molar-refractivity contribution in [3.8, 4) is 0 Å². The van der Waals surface area contributed by atoms with Gasteiger partial charge in [0.15, 0.2) is 5.17 Å². The molecule has 0 fully saturated rings. The number of hydrogen-bond donors (Lipinski definition) is 0. The quantitative estimate of drug-likeness (QED) is 0.786. The lowest BCUT2D eigenvalue weighted by molar-refractivity contribution is 0.633. The lowest BCUT2D eigenvalue weighted by Gasteiger charge is -2.18. The molecule has 7 heteroatoms. The number of hydrogen-bond acceptors (Lipinski definition) is 4. The van der Waals surface area contributed by atoms with E-state index in [1.54, 1.807) is 23.9 Å². The fraction of sp³-hybridized carbons (Fsp3) is 0.273. The molecule has 0 radical (unpaired) electrons. The first-order chi connectivity index (χ1) is 8.08. The highest BCUT2D eigenvalue weighted by Gasteiger charge is 2.15. The van der Waals surface area contributed by atoms with Gasteiger partial charge < -0.3 is 4.90 Å². The maximum Gasteiger partial charge on any atom is 0.185 e. The highest BCUT2D eigenvalue weighted by molar-refractivity contribution is 8.14. The van der Waals surface area contributed by atoms with Crippen LogP contribution in [0.4, 0.5) is 0 Å². The van der Waals surface area contributed by atoms with Gasteiger partial charge in [-0.3, -0.25) is 0 Å². The van der Waals surface area contributed by atoms with E-state index in [4.69, 9.17) is 23.2 Å². The summed E-state index contributed by atoms with van der Waals surface area (Å²) < 4.78 is 0. The Morgan fingerprint density at radius 3 is 2.44 bits per heavy atom. The van der Waals surface area contributed by atoms with Crippen LogP contribution in [0.3, 0.4) is 0 Å². The molecular weight excluding hydrogens is 313 g/mol. The van der Waals surface area contributed by atoms with Crippen molar-refractivity contribution in [3.63, 3.8) is 0 Å². The van der Waals surface area contributed by atoms with Crippen LogP contribution in [0, 0.1) is 0 Å². The van der Waals surface area contributed by atoms with Crippen molar-refractivity contribution in [2.24, 2.45) is 10.2 Å². The van der Waals surface area contributed by atoms with Crippen LogP contribution in [0.15, 0.2) is 28.4 Å². The Hall–Kier alpha value is -0.420. The van der Waals surface area contributed by atoms with Gasteiger partial charge >= 0.3 is 0 Å². The number of amidine groups is 1. The lowest BCUT2D eigenvalue weighted by Crippen LogP contribution is -2.23. The minimum atomic E-state index is 0. The van der Waals surface area contributed by atoms with Gasteiger partial charge in [0.1, 0.15) is 0 Å². The Kier molecular flexibility index (Phi) is 5.79. The maximum absolute atomic E-state index is 6.13. The molecule has 0 unspecified atom stereocenters. The van der Waals surface area contributed by atoms with Crippen LogP contribution >= 0.6 is 47.4 Å². The summed E-state index contributed by atoms with van der Waals surface area (Å²) in [5.74, 6) is 0.762. The fourth-order valence-corrected chi connectivity index (χ4v) is 2.72. The van der Waals surface area contributed by atoms with Crippen LogP contribution in [0.25, 0.3) is 0 Å². The van der Waals surface area contributed by atoms with E-state index in [1.807, 2.05) is 25.1 Å². The molecule has 0 amide bonds. The molecule has 0 aromatic heterocycles. The zero-order chi connectivity index (χ0) is 12.4. The number of nitrogens with zero attached hydrogens (tertiary/aromatic N) is 3. The summed E-state index contributed by atoms with van der Waals surface area (Å²) in [6.07, 6.45) is 0. The first-order valence-electron chi connectivity index (χ1n) is 4.98. The molecule has 3 nitrogen and oxygen atoms in total. The molecular formula is C11H12Cl3N3S. The molecule has 98 valence electrons. The monoisotopic (exact) mass is 323 g/mol. The molecule has 0 aliphatic carbocycles. The Morgan fingerprint density at radius 1 is 1.22 bits per heavy atom. The van der Waals surface area contributed by atoms with Gasteiger partial charge in [-0.25, -0.2) is 0 Å². The maximum atomic E-state index is 6.13. The smallest absolute Gasteiger partial charge is 0.185 e. The minimum absolute atomic E-state index is 0. The molecule has 0 bridgehead atoms. The van der Waals surface area contributed by atoms with Crippen LogP contribution in [0.5, 0.6) is 0 Å². The molecule has 2 rings (SSSR count). The summed E-state index contributed by atoms with van der Waals surface area (Å²) in [5.41, 5.74) is 1.77. The van der Waals surface area contributed by atoms with Crippen LogP contribution in [-0.4, -0.2) is 35.6 Å². The Morgan fingerprint density at radius 2 is 1.94 bits per heavy atom. The second kappa shape index (κ2) is 6.66. The topological polar surface area (TPSA) is 28.0 Å². The molecule has 0 atom stereocenters. The van der Waals surface area contributed by atoms with E-state index in [0.29, 0.717) is 10.0 Å². The Bertz CT molecular complexity index is 500. The molecule has 0 N–H and O–H groups in total. The van der Waals surface area contributed by atoms with Gasteiger partial charge in [0.2, 0.25) is 0 Å². The van der Waals surface area contributed by atoms with Crippen molar-refractivity contribution in [3.05, 3.63) is 33.8 Å². The molecule has 0 spiro atoms. The predicted octanol–water partition coefficient (Wildman–Crippen LogP) is 3.78. The molecule has 1 aliphatic heterocycles. The standard InChI is InChI=1S/C11H11Cl2N3S.ClH/c1-16(2)11-15-14-10(6-17-11)8-4-3-7(12)5-9(8)13;/h3-5H,6H2,1-2H3;1H. The minimum Gasteiger partial charge on any atom is -0.356 e. The van der Waals surface area contributed by atoms with E-state index in [1.165, 1.54) is 0 Å². The van der Waals surface area contributed by atoms with Gasteiger partial charge in [0.05, 0.1) is 10.7 Å². The van der Waals surface area contributed by atoms with E-state index in [9.17, 15) is 0 Å². The summed E-state index contributed by atoms with van der Waals surface area (Å²) in [5, 5.41) is 10.5. The van der Waals surface area contributed by atoms with Crippen molar-refractivity contribution >= 4 is 58.3 Å². The average molecular weight is 325 g/mol. The number of thioether (sulfide) groups is 1. The van der Waals surface area contributed by atoms with Crippen molar-refractivity contribution in [2.75, 3.05) is 19.8 Å². The molecule has 1 heterocycles. The normalized spacial score (nSPS) is 14.4. The van der Waals surface area contributed by atoms with Gasteiger partial charge in [0.25, 0.3) is 0 Å². The lowest BCUT2D eigenvalue weighted by atomic mass is 10.1. The van der Waals surface area contributed by atoms with Gasteiger partial charge in [-0.1, -0.05) is 41.0 Å². The number of rotatable bonds is 1. The van der Waals surface area contributed by atoms with Crippen LogP contribution in [0.1, 0.15) is 5.56 Å². The van der Waals surface area contributed by atoms with Crippen molar-refractivity contribution in [1.29, 1.82) is 0 Å². The molecule has 1 aromatic rings. The molecule has 0 saturated carbocycles. The summed E-state index contributed by atoms with van der Waals surface area (Å²) in [4.78, 5) is 1.94. The third-order valence-electron chi connectivity index (χ3n) is 2.22. The SMILES string of the molecule is CN(C)C1=NN=C(c2ccc(Cl)cc2Cl)CS1.Cl. The molecule has 1 aliphatic rings.